The van der Waals surface area contributed by atoms with Crippen LogP contribution in [0.1, 0.15) is 25.3 Å². The lowest BCUT2D eigenvalue weighted by atomic mass is 9.96. The Hall–Kier alpha value is -2.97. The Labute approximate surface area is 151 Å². The first-order valence-corrected chi connectivity index (χ1v) is 8.67. The van der Waals surface area contributed by atoms with E-state index in [9.17, 15) is 14.9 Å². The SMILES string of the molecule is CCn1cc(NC(=O)C2CCN(c3cc(C)c([N+](=O)[O-])cn3)CC2)cn1. The summed E-state index contributed by atoms with van der Waals surface area (Å²) < 4.78 is 1.76. The van der Waals surface area contributed by atoms with Crippen LogP contribution in [0.4, 0.5) is 17.2 Å². The second-order valence-corrected chi connectivity index (χ2v) is 6.42. The van der Waals surface area contributed by atoms with Crippen molar-refractivity contribution < 1.29 is 9.72 Å². The monoisotopic (exact) mass is 358 g/mol. The van der Waals surface area contributed by atoms with Gasteiger partial charge < -0.3 is 10.2 Å². The number of rotatable bonds is 5. The molecule has 0 atom stereocenters. The normalized spacial score (nSPS) is 15.1. The zero-order valence-corrected chi connectivity index (χ0v) is 14.9. The second kappa shape index (κ2) is 7.51. The number of carbonyl (C=O) groups excluding carboxylic acids is 1. The van der Waals surface area contributed by atoms with E-state index in [1.54, 1.807) is 23.9 Å². The molecule has 1 amide bonds. The number of nitrogens with zero attached hydrogens (tertiary/aromatic N) is 5. The highest BCUT2D eigenvalue weighted by Crippen LogP contribution is 2.26. The summed E-state index contributed by atoms with van der Waals surface area (Å²) in [6.45, 7) is 5.84. The van der Waals surface area contributed by atoms with Gasteiger partial charge in [-0.15, -0.1) is 0 Å². The Morgan fingerprint density at radius 3 is 2.69 bits per heavy atom. The van der Waals surface area contributed by atoms with Crippen LogP contribution < -0.4 is 10.2 Å². The van der Waals surface area contributed by atoms with Crippen molar-refractivity contribution >= 4 is 23.1 Å². The number of amides is 1. The molecule has 1 N–H and O–H groups in total. The van der Waals surface area contributed by atoms with Gasteiger partial charge in [-0.3, -0.25) is 19.6 Å². The van der Waals surface area contributed by atoms with E-state index in [0.29, 0.717) is 37.2 Å². The number of nitro groups is 1. The number of hydrogen-bond donors (Lipinski definition) is 1. The fourth-order valence-corrected chi connectivity index (χ4v) is 3.11. The molecule has 9 nitrogen and oxygen atoms in total. The molecule has 0 bridgehead atoms. The van der Waals surface area contributed by atoms with Crippen molar-refractivity contribution in [2.75, 3.05) is 23.3 Å². The molecule has 9 heteroatoms. The van der Waals surface area contributed by atoms with Gasteiger partial charge in [0, 0.05) is 37.3 Å². The van der Waals surface area contributed by atoms with Crippen LogP contribution in [0.25, 0.3) is 0 Å². The van der Waals surface area contributed by atoms with Crippen LogP contribution in [0, 0.1) is 23.0 Å². The van der Waals surface area contributed by atoms with Gasteiger partial charge in [0.15, 0.2) is 0 Å². The van der Waals surface area contributed by atoms with Gasteiger partial charge in [0.05, 0.1) is 16.8 Å². The van der Waals surface area contributed by atoms with Crippen molar-refractivity contribution in [3.05, 3.63) is 40.3 Å². The molecule has 0 aliphatic carbocycles. The van der Waals surface area contributed by atoms with E-state index in [4.69, 9.17) is 0 Å². The van der Waals surface area contributed by atoms with Crippen molar-refractivity contribution in [3.8, 4) is 0 Å². The fourth-order valence-electron chi connectivity index (χ4n) is 3.11. The first-order chi connectivity index (χ1) is 12.5. The molecule has 0 saturated carbocycles. The van der Waals surface area contributed by atoms with Gasteiger partial charge in [0.1, 0.15) is 12.0 Å². The second-order valence-electron chi connectivity index (χ2n) is 6.42. The molecule has 138 valence electrons. The summed E-state index contributed by atoms with van der Waals surface area (Å²) in [7, 11) is 0. The molecule has 26 heavy (non-hydrogen) atoms. The number of hydrogen-bond acceptors (Lipinski definition) is 6. The minimum absolute atomic E-state index is 0.00754. The lowest BCUT2D eigenvalue weighted by Gasteiger charge is -2.32. The van der Waals surface area contributed by atoms with Crippen LogP contribution in [0.2, 0.25) is 0 Å². The summed E-state index contributed by atoms with van der Waals surface area (Å²) in [5.74, 6) is 0.666. The van der Waals surface area contributed by atoms with Gasteiger partial charge in [0.25, 0.3) is 5.69 Å². The predicted octanol–water partition coefficient (Wildman–Crippen LogP) is 2.37. The lowest BCUT2D eigenvalue weighted by molar-refractivity contribution is -0.385. The highest BCUT2D eigenvalue weighted by atomic mass is 16.6. The van der Waals surface area contributed by atoms with Crippen molar-refractivity contribution in [2.24, 2.45) is 5.92 Å². The number of piperidine rings is 1. The third-order valence-corrected chi connectivity index (χ3v) is 4.68. The van der Waals surface area contributed by atoms with E-state index < -0.39 is 4.92 Å². The number of carbonyl (C=O) groups is 1. The van der Waals surface area contributed by atoms with Crippen LogP contribution >= 0.6 is 0 Å². The zero-order chi connectivity index (χ0) is 18.7. The highest BCUT2D eigenvalue weighted by Gasteiger charge is 2.26. The van der Waals surface area contributed by atoms with E-state index >= 15 is 0 Å². The Kier molecular flexibility index (Phi) is 5.15. The van der Waals surface area contributed by atoms with Crippen LogP contribution in [0.5, 0.6) is 0 Å². The molecule has 2 aromatic heterocycles. The van der Waals surface area contributed by atoms with Crippen LogP contribution in [0.15, 0.2) is 24.7 Å². The third kappa shape index (κ3) is 3.81. The Morgan fingerprint density at radius 2 is 2.12 bits per heavy atom. The Balaban J connectivity index is 1.57. The minimum Gasteiger partial charge on any atom is -0.357 e. The van der Waals surface area contributed by atoms with Crippen molar-refractivity contribution in [3.63, 3.8) is 0 Å². The predicted molar refractivity (Wildman–Crippen MR) is 97.1 cm³/mol. The maximum Gasteiger partial charge on any atom is 0.290 e. The van der Waals surface area contributed by atoms with Gasteiger partial charge in [-0.1, -0.05) is 0 Å². The molecule has 2 aromatic rings. The first-order valence-electron chi connectivity index (χ1n) is 8.67. The number of nitrogens with one attached hydrogen (secondary N) is 1. The summed E-state index contributed by atoms with van der Waals surface area (Å²) in [6.07, 6.45) is 6.20. The largest absolute Gasteiger partial charge is 0.357 e. The van der Waals surface area contributed by atoms with Gasteiger partial charge in [-0.05, 0) is 32.8 Å². The van der Waals surface area contributed by atoms with Crippen molar-refractivity contribution in [2.45, 2.75) is 33.2 Å². The number of pyridine rings is 1. The van der Waals surface area contributed by atoms with Crippen LogP contribution in [0.3, 0.4) is 0 Å². The highest BCUT2D eigenvalue weighted by molar-refractivity contribution is 5.92. The smallest absolute Gasteiger partial charge is 0.290 e. The standard InChI is InChI=1S/C17H22N6O3/c1-3-22-11-14(9-19-22)20-17(24)13-4-6-21(7-5-13)16-8-12(2)15(10-18-16)23(25)26/h8-11,13H,3-7H2,1-2H3,(H,20,24). The molecular formula is C17H22N6O3. The molecule has 3 heterocycles. The quantitative estimate of drug-likeness (QED) is 0.650. The molecule has 0 aromatic carbocycles. The van der Waals surface area contributed by atoms with Gasteiger partial charge in [-0.25, -0.2) is 4.98 Å². The first kappa shape index (κ1) is 17.8. The third-order valence-electron chi connectivity index (χ3n) is 4.68. The summed E-state index contributed by atoms with van der Waals surface area (Å²) in [6, 6.07) is 1.73. The molecule has 0 spiro atoms. The molecule has 1 fully saturated rings. The average Bonchev–Trinajstić information content (AvgIpc) is 3.09. The number of anilines is 2. The van der Waals surface area contributed by atoms with Crippen molar-refractivity contribution in [1.29, 1.82) is 0 Å². The molecule has 3 rings (SSSR count). The summed E-state index contributed by atoms with van der Waals surface area (Å²) in [5.41, 5.74) is 1.33. The average molecular weight is 358 g/mol. The van der Waals surface area contributed by atoms with Crippen LogP contribution in [-0.4, -0.2) is 38.7 Å². The van der Waals surface area contributed by atoms with Gasteiger partial charge in [0.2, 0.25) is 5.91 Å². The minimum atomic E-state index is -0.427. The topological polar surface area (TPSA) is 106 Å². The van der Waals surface area contributed by atoms with Gasteiger partial charge >= 0.3 is 0 Å². The maximum absolute atomic E-state index is 12.4. The lowest BCUT2D eigenvalue weighted by Crippen LogP contribution is -2.38. The fraction of sp³-hybridized carbons (Fsp3) is 0.471. The molecular weight excluding hydrogens is 336 g/mol. The molecule has 0 unspecified atom stereocenters. The Bertz CT molecular complexity index is 811. The van der Waals surface area contributed by atoms with E-state index in [1.165, 1.54) is 6.20 Å². The zero-order valence-electron chi connectivity index (χ0n) is 14.9. The van der Waals surface area contributed by atoms with E-state index in [0.717, 1.165) is 12.4 Å². The molecule has 1 saturated heterocycles. The van der Waals surface area contributed by atoms with Crippen LogP contribution in [-0.2, 0) is 11.3 Å². The Morgan fingerprint density at radius 1 is 1.38 bits per heavy atom. The summed E-state index contributed by atoms with van der Waals surface area (Å²) >= 11 is 0. The maximum atomic E-state index is 12.4. The number of aryl methyl sites for hydroxylation is 2. The molecule has 0 radical (unpaired) electrons. The van der Waals surface area contributed by atoms with E-state index in [-0.39, 0.29) is 17.5 Å². The summed E-state index contributed by atoms with van der Waals surface area (Å²) in [4.78, 5) is 29.2. The molecule has 1 aliphatic heterocycles. The number of aromatic nitrogens is 3. The van der Waals surface area contributed by atoms with E-state index in [1.807, 2.05) is 13.1 Å². The van der Waals surface area contributed by atoms with Gasteiger partial charge in [-0.2, -0.15) is 5.10 Å². The van der Waals surface area contributed by atoms with E-state index in [2.05, 4.69) is 20.3 Å². The summed E-state index contributed by atoms with van der Waals surface area (Å²) in [5, 5.41) is 18.0. The van der Waals surface area contributed by atoms with Crippen molar-refractivity contribution in [1.82, 2.24) is 14.8 Å². The molecule has 1 aliphatic rings.